The predicted molar refractivity (Wildman–Crippen MR) is 75.2 cm³/mol. The van der Waals surface area contributed by atoms with Gasteiger partial charge >= 0.3 is 6.09 Å². The SMILES string of the molecule is O=C(Nc1ccc(Cl)cc1)Oc1ccc(Br)cc1. The Kier molecular flexibility index (Phi) is 4.23. The van der Waals surface area contributed by atoms with Crippen molar-refractivity contribution < 1.29 is 9.53 Å². The molecule has 0 aliphatic rings. The Labute approximate surface area is 118 Å². The summed E-state index contributed by atoms with van der Waals surface area (Å²) in [5.74, 6) is 0.477. The van der Waals surface area contributed by atoms with Crippen LogP contribution in [0, 0.1) is 0 Å². The molecule has 18 heavy (non-hydrogen) atoms. The Morgan fingerprint density at radius 1 is 1.06 bits per heavy atom. The standard InChI is InChI=1S/C13H9BrClNO2/c14-9-1-7-12(8-2-9)18-13(17)16-11-5-3-10(15)4-6-11/h1-8H,(H,16,17). The Balaban J connectivity index is 1.96. The Hall–Kier alpha value is -1.52. The predicted octanol–water partition coefficient (Wildman–Crippen LogP) is 4.71. The van der Waals surface area contributed by atoms with Gasteiger partial charge in [0.05, 0.1) is 0 Å². The van der Waals surface area contributed by atoms with Gasteiger partial charge in [-0.25, -0.2) is 4.79 Å². The zero-order valence-electron chi connectivity index (χ0n) is 9.19. The van der Waals surface area contributed by atoms with Gasteiger partial charge in [-0.05, 0) is 48.5 Å². The molecule has 0 atom stereocenters. The minimum absolute atomic E-state index is 0.477. The molecule has 1 amide bonds. The number of nitrogens with one attached hydrogen (secondary N) is 1. The number of hydrogen-bond donors (Lipinski definition) is 1. The Morgan fingerprint density at radius 2 is 1.67 bits per heavy atom. The van der Waals surface area contributed by atoms with E-state index in [4.69, 9.17) is 16.3 Å². The highest BCUT2D eigenvalue weighted by Gasteiger charge is 2.04. The third-order valence-electron chi connectivity index (χ3n) is 2.11. The molecule has 0 saturated heterocycles. The summed E-state index contributed by atoms with van der Waals surface area (Å²) in [6.45, 7) is 0. The first-order chi connectivity index (χ1) is 8.63. The average Bonchev–Trinajstić information content (AvgIpc) is 2.35. The van der Waals surface area contributed by atoms with Gasteiger partial charge in [0.25, 0.3) is 0 Å². The van der Waals surface area contributed by atoms with Crippen LogP contribution in [0.15, 0.2) is 53.0 Å². The molecule has 2 rings (SSSR count). The number of carbonyl (C=O) groups excluding carboxylic acids is 1. The van der Waals surface area contributed by atoms with Crippen molar-refractivity contribution in [2.24, 2.45) is 0 Å². The van der Waals surface area contributed by atoms with Crippen LogP contribution in [0.25, 0.3) is 0 Å². The third-order valence-corrected chi connectivity index (χ3v) is 2.90. The monoisotopic (exact) mass is 325 g/mol. The first-order valence-electron chi connectivity index (χ1n) is 5.13. The van der Waals surface area contributed by atoms with E-state index in [1.165, 1.54) is 0 Å². The van der Waals surface area contributed by atoms with E-state index in [-0.39, 0.29) is 0 Å². The lowest BCUT2D eigenvalue weighted by Crippen LogP contribution is -2.16. The van der Waals surface area contributed by atoms with Gasteiger partial charge in [0, 0.05) is 15.2 Å². The maximum absolute atomic E-state index is 11.6. The molecule has 92 valence electrons. The summed E-state index contributed by atoms with van der Waals surface area (Å²) in [4.78, 5) is 11.6. The number of hydrogen-bond acceptors (Lipinski definition) is 2. The molecule has 0 saturated carbocycles. The van der Waals surface area contributed by atoms with E-state index in [1.807, 2.05) is 0 Å². The molecule has 2 aromatic carbocycles. The normalized spacial score (nSPS) is 9.89. The van der Waals surface area contributed by atoms with Crippen molar-refractivity contribution in [3.63, 3.8) is 0 Å². The second-order valence-electron chi connectivity index (χ2n) is 3.48. The largest absolute Gasteiger partial charge is 0.417 e. The van der Waals surface area contributed by atoms with E-state index in [1.54, 1.807) is 48.5 Å². The van der Waals surface area contributed by atoms with Crippen LogP contribution in [0.1, 0.15) is 0 Å². The van der Waals surface area contributed by atoms with Crippen LogP contribution in [-0.2, 0) is 0 Å². The van der Waals surface area contributed by atoms with Gasteiger partial charge in [-0.2, -0.15) is 0 Å². The molecule has 5 heteroatoms. The molecule has 0 bridgehead atoms. The van der Waals surface area contributed by atoms with Gasteiger partial charge in [-0.3, -0.25) is 5.32 Å². The fourth-order valence-corrected chi connectivity index (χ4v) is 1.68. The quantitative estimate of drug-likeness (QED) is 0.867. The zero-order valence-corrected chi connectivity index (χ0v) is 11.5. The molecule has 0 heterocycles. The summed E-state index contributed by atoms with van der Waals surface area (Å²) in [5, 5.41) is 3.21. The number of halogens is 2. The van der Waals surface area contributed by atoms with Crippen molar-refractivity contribution in [3.8, 4) is 5.75 Å². The van der Waals surface area contributed by atoms with Crippen LogP contribution in [0.3, 0.4) is 0 Å². The highest BCUT2D eigenvalue weighted by Crippen LogP contribution is 2.17. The van der Waals surface area contributed by atoms with E-state index in [0.29, 0.717) is 16.5 Å². The van der Waals surface area contributed by atoms with Crippen molar-refractivity contribution in [1.29, 1.82) is 0 Å². The van der Waals surface area contributed by atoms with Gasteiger partial charge in [0.2, 0.25) is 0 Å². The molecule has 2 aromatic rings. The van der Waals surface area contributed by atoms with E-state index in [9.17, 15) is 4.79 Å². The summed E-state index contributed by atoms with van der Waals surface area (Å²) >= 11 is 9.05. The number of benzene rings is 2. The number of ether oxygens (including phenoxy) is 1. The smallest absolute Gasteiger partial charge is 0.410 e. The van der Waals surface area contributed by atoms with Crippen molar-refractivity contribution in [2.45, 2.75) is 0 Å². The Bertz CT molecular complexity index is 490. The maximum atomic E-state index is 11.6. The summed E-state index contributed by atoms with van der Waals surface area (Å²) in [5.41, 5.74) is 0.626. The van der Waals surface area contributed by atoms with Gasteiger partial charge in [-0.15, -0.1) is 0 Å². The highest BCUT2D eigenvalue weighted by molar-refractivity contribution is 9.10. The molecule has 0 fully saturated rings. The van der Waals surface area contributed by atoms with Crippen molar-refractivity contribution >= 4 is 39.3 Å². The summed E-state index contributed by atoms with van der Waals surface area (Å²) in [6.07, 6.45) is -0.542. The van der Waals surface area contributed by atoms with Crippen molar-refractivity contribution in [1.82, 2.24) is 0 Å². The highest BCUT2D eigenvalue weighted by atomic mass is 79.9. The fourth-order valence-electron chi connectivity index (χ4n) is 1.29. The molecule has 0 unspecified atom stereocenters. The van der Waals surface area contributed by atoms with E-state index < -0.39 is 6.09 Å². The number of anilines is 1. The molecule has 0 aromatic heterocycles. The first kappa shape index (κ1) is 12.9. The second-order valence-corrected chi connectivity index (χ2v) is 4.83. The Morgan fingerprint density at radius 3 is 2.28 bits per heavy atom. The lowest BCUT2D eigenvalue weighted by atomic mass is 10.3. The minimum Gasteiger partial charge on any atom is -0.410 e. The summed E-state index contributed by atoms with van der Waals surface area (Å²) in [7, 11) is 0. The van der Waals surface area contributed by atoms with Crippen LogP contribution in [0.4, 0.5) is 10.5 Å². The zero-order chi connectivity index (χ0) is 13.0. The second kappa shape index (κ2) is 5.89. The molecule has 0 spiro atoms. The average molecular weight is 327 g/mol. The fraction of sp³-hybridized carbons (Fsp3) is 0. The molecule has 0 aliphatic heterocycles. The lowest BCUT2D eigenvalue weighted by Gasteiger charge is -2.06. The minimum atomic E-state index is -0.542. The molecule has 1 N–H and O–H groups in total. The van der Waals surface area contributed by atoms with Gasteiger partial charge in [0.1, 0.15) is 5.75 Å². The molecule has 0 aliphatic carbocycles. The number of rotatable bonds is 2. The number of carbonyl (C=O) groups is 1. The summed E-state index contributed by atoms with van der Waals surface area (Å²) in [6, 6.07) is 13.8. The third kappa shape index (κ3) is 3.75. The maximum Gasteiger partial charge on any atom is 0.417 e. The van der Waals surface area contributed by atoms with Gasteiger partial charge < -0.3 is 4.74 Å². The van der Waals surface area contributed by atoms with E-state index >= 15 is 0 Å². The summed E-state index contributed by atoms with van der Waals surface area (Å²) < 4.78 is 6.02. The van der Waals surface area contributed by atoms with Gasteiger partial charge in [0.15, 0.2) is 0 Å². The molecule has 0 radical (unpaired) electrons. The topological polar surface area (TPSA) is 38.3 Å². The van der Waals surface area contributed by atoms with Crippen LogP contribution < -0.4 is 10.1 Å². The molecule has 3 nitrogen and oxygen atoms in total. The van der Waals surface area contributed by atoms with Crippen LogP contribution in [0.2, 0.25) is 5.02 Å². The van der Waals surface area contributed by atoms with E-state index in [0.717, 1.165) is 4.47 Å². The molecular formula is C13H9BrClNO2. The molecular weight excluding hydrogens is 318 g/mol. The lowest BCUT2D eigenvalue weighted by molar-refractivity contribution is 0.215. The van der Waals surface area contributed by atoms with Crippen LogP contribution >= 0.6 is 27.5 Å². The van der Waals surface area contributed by atoms with E-state index in [2.05, 4.69) is 21.2 Å². The van der Waals surface area contributed by atoms with Crippen LogP contribution in [0.5, 0.6) is 5.75 Å². The number of amides is 1. The van der Waals surface area contributed by atoms with Crippen molar-refractivity contribution in [3.05, 3.63) is 58.0 Å². The van der Waals surface area contributed by atoms with Gasteiger partial charge in [-0.1, -0.05) is 27.5 Å². The van der Waals surface area contributed by atoms with Crippen LogP contribution in [-0.4, -0.2) is 6.09 Å². The first-order valence-corrected chi connectivity index (χ1v) is 6.30. The van der Waals surface area contributed by atoms with Crippen molar-refractivity contribution in [2.75, 3.05) is 5.32 Å².